The van der Waals surface area contributed by atoms with Crippen LogP contribution in [0.5, 0.6) is 0 Å². The van der Waals surface area contributed by atoms with E-state index in [1.165, 1.54) is 0 Å². The smallest absolute Gasteiger partial charge is 0.262 e. The number of likely N-dealkylation sites (tertiary alicyclic amines) is 1. The van der Waals surface area contributed by atoms with Crippen molar-refractivity contribution < 1.29 is 28.8 Å². The molecule has 1 atom stereocenters. The van der Waals surface area contributed by atoms with E-state index in [1.807, 2.05) is 24.3 Å². The molecule has 8 fully saturated rings. The monoisotopic (exact) mass is 876 g/mol. The minimum absolute atomic E-state index is 0.0906. The van der Waals surface area contributed by atoms with Crippen LogP contribution < -0.4 is 15.1 Å². The maximum absolute atomic E-state index is 14.3. The minimum Gasteiger partial charge on any atom is -0.371 e. The average molecular weight is 877 g/mol. The fourth-order valence-corrected chi connectivity index (χ4v) is 12.8. The van der Waals surface area contributed by atoms with Gasteiger partial charge >= 0.3 is 0 Å². The fourth-order valence-electron chi connectivity index (χ4n) is 12.6. The molecule has 1 spiro atoms. The second kappa shape index (κ2) is 16.2. The predicted octanol–water partition coefficient (Wildman–Crippen LogP) is 5.51. The molecule has 6 aliphatic heterocycles. The van der Waals surface area contributed by atoms with Crippen LogP contribution in [0.15, 0.2) is 36.4 Å². The molecular weight excluding hydrogens is 820 g/mol. The Kier molecular flexibility index (Phi) is 10.8. The standard InChI is InChI=1S/C48H57ClN8O6/c1-50-38-5-3-34(29-37(38)49)56-23-18-46(31-56)16-21-54(22-17-46)44(62)47-10-13-48(14-11-47,15-12-47)45(63)55-26-24-52(25-27-55)30-32-8-19-53(20-9-32)33-2-4-35-36(28-33)43(61)57(42(35)60)39-6-7-40(58)51-41(39)59/h2-5,28-29,32,39H,6-27,30-31H2,(H,51,58,59). The average Bonchev–Trinajstić information content (AvgIpc) is 3.83. The van der Waals surface area contributed by atoms with Crippen LogP contribution in [-0.2, 0) is 19.2 Å². The summed E-state index contributed by atoms with van der Waals surface area (Å²) in [5.41, 5.74) is 2.60. The molecule has 9 aliphatic rings. The van der Waals surface area contributed by atoms with E-state index in [1.54, 1.807) is 12.1 Å². The van der Waals surface area contributed by atoms with Crippen LogP contribution in [0.1, 0.15) is 104 Å². The molecule has 3 aliphatic carbocycles. The zero-order chi connectivity index (χ0) is 43.7. The number of nitrogens with zero attached hydrogens (tertiary/aromatic N) is 7. The van der Waals surface area contributed by atoms with Crippen molar-refractivity contribution in [3.8, 4) is 0 Å². The Morgan fingerprint density at radius 1 is 0.683 bits per heavy atom. The Morgan fingerprint density at radius 3 is 1.89 bits per heavy atom. The van der Waals surface area contributed by atoms with Gasteiger partial charge in [0.25, 0.3) is 11.8 Å². The Bertz CT molecular complexity index is 2260. The molecular formula is C48H57ClN8O6. The summed E-state index contributed by atoms with van der Waals surface area (Å²) in [4.78, 5) is 95.1. The summed E-state index contributed by atoms with van der Waals surface area (Å²) >= 11 is 6.36. The number of hydrogen-bond donors (Lipinski definition) is 1. The van der Waals surface area contributed by atoms with Gasteiger partial charge in [0, 0.05) is 106 Å². The predicted molar refractivity (Wildman–Crippen MR) is 236 cm³/mol. The number of anilines is 2. The lowest BCUT2D eigenvalue weighted by Gasteiger charge is -2.54. The van der Waals surface area contributed by atoms with Crippen LogP contribution in [0, 0.1) is 28.7 Å². The third kappa shape index (κ3) is 7.46. The molecule has 1 unspecified atom stereocenters. The van der Waals surface area contributed by atoms with Gasteiger partial charge in [-0.05, 0) is 119 Å². The first kappa shape index (κ1) is 42.0. The Hall–Kier alpha value is -5.00. The highest BCUT2D eigenvalue weighted by Crippen LogP contribution is 2.59. The highest BCUT2D eigenvalue weighted by Gasteiger charge is 2.58. The van der Waals surface area contributed by atoms with E-state index in [2.05, 4.69) is 34.7 Å². The number of halogens is 1. The van der Waals surface area contributed by atoms with E-state index >= 15 is 0 Å². The lowest BCUT2D eigenvalue weighted by Crippen LogP contribution is -2.59. The van der Waals surface area contributed by atoms with Gasteiger partial charge in [-0.15, -0.1) is 0 Å². The number of carbonyl (C=O) groups is 6. The first-order valence-electron chi connectivity index (χ1n) is 23.2. The maximum atomic E-state index is 14.3. The van der Waals surface area contributed by atoms with Gasteiger partial charge in [0.2, 0.25) is 29.3 Å². The van der Waals surface area contributed by atoms with Crippen molar-refractivity contribution in [3.05, 3.63) is 64.0 Å². The Morgan fingerprint density at radius 2 is 1.27 bits per heavy atom. The molecule has 14 nitrogen and oxygen atoms in total. The maximum Gasteiger partial charge on any atom is 0.262 e. The summed E-state index contributed by atoms with van der Waals surface area (Å²) in [6.45, 7) is 16.7. The van der Waals surface area contributed by atoms with E-state index in [4.69, 9.17) is 18.2 Å². The summed E-state index contributed by atoms with van der Waals surface area (Å²) < 4.78 is 0. The van der Waals surface area contributed by atoms with Crippen LogP contribution in [0.4, 0.5) is 17.1 Å². The van der Waals surface area contributed by atoms with Crippen LogP contribution in [-0.4, -0.2) is 133 Å². The number of fused-ring (bicyclic) bond motifs is 4. The molecule has 11 rings (SSSR count). The molecule has 0 radical (unpaired) electrons. The van der Waals surface area contributed by atoms with Gasteiger partial charge in [-0.3, -0.25) is 43.9 Å². The van der Waals surface area contributed by atoms with Crippen molar-refractivity contribution in [1.29, 1.82) is 0 Å². The van der Waals surface area contributed by atoms with Crippen LogP contribution in [0.2, 0.25) is 5.02 Å². The van der Waals surface area contributed by atoms with Crippen molar-refractivity contribution in [2.24, 2.45) is 22.2 Å². The molecule has 2 aromatic carbocycles. The number of piperidine rings is 3. The topological polar surface area (TPSA) is 138 Å². The molecule has 5 saturated heterocycles. The summed E-state index contributed by atoms with van der Waals surface area (Å²) in [5.74, 6) is -0.814. The number of amides is 6. The highest BCUT2D eigenvalue weighted by atomic mass is 35.5. The van der Waals surface area contributed by atoms with Crippen LogP contribution in [0.3, 0.4) is 0 Å². The van der Waals surface area contributed by atoms with E-state index in [-0.39, 0.29) is 29.1 Å². The zero-order valence-corrected chi connectivity index (χ0v) is 36.8. The number of carbonyl (C=O) groups excluding carboxylic acids is 6. The second-order valence-electron chi connectivity index (χ2n) is 20.0. The number of nitrogens with one attached hydrogen (secondary N) is 1. The zero-order valence-electron chi connectivity index (χ0n) is 36.0. The molecule has 63 heavy (non-hydrogen) atoms. The van der Waals surface area contributed by atoms with E-state index in [0.717, 1.165) is 159 Å². The second-order valence-corrected chi connectivity index (χ2v) is 20.4. The quantitative estimate of drug-likeness (QED) is 0.282. The summed E-state index contributed by atoms with van der Waals surface area (Å²) in [6, 6.07) is 10.1. The third-order valence-electron chi connectivity index (χ3n) is 16.7. The fraction of sp³-hybridized carbons (Fsp3) is 0.604. The Balaban J connectivity index is 0.663. The van der Waals surface area contributed by atoms with Crippen molar-refractivity contribution in [2.45, 2.75) is 89.5 Å². The van der Waals surface area contributed by atoms with E-state index in [0.29, 0.717) is 39.6 Å². The van der Waals surface area contributed by atoms with E-state index < -0.39 is 29.7 Å². The molecule has 3 saturated carbocycles. The number of piperazine rings is 1. The highest BCUT2D eigenvalue weighted by molar-refractivity contribution is 6.33. The number of benzene rings is 2. The van der Waals surface area contributed by atoms with Crippen LogP contribution >= 0.6 is 11.6 Å². The number of rotatable bonds is 7. The van der Waals surface area contributed by atoms with Gasteiger partial charge in [-0.25, -0.2) is 4.85 Å². The molecule has 2 aromatic rings. The first-order valence-corrected chi connectivity index (χ1v) is 23.6. The number of hydrogen-bond acceptors (Lipinski definition) is 9. The van der Waals surface area contributed by atoms with Gasteiger partial charge in [0.15, 0.2) is 0 Å². The van der Waals surface area contributed by atoms with Crippen molar-refractivity contribution in [3.63, 3.8) is 0 Å². The SMILES string of the molecule is [C-]#[N+]c1ccc(N2CCC3(CCN(C(=O)C45CCC(C(=O)N6CCN(CC7CCN(c8ccc9c(c8)C(=O)N(C8CCC(=O)NC8=O)C9=O)CC7)CC6)(CC4)CC5)CC3)C2)cc1Cl. The summed E-state index contributed by atoms with van der Waals surface area (Å²) in [6.07, 6.45) is 10.2. The number of imide groups is 2. The molecule has 15 heteroatoms. The van der Waals surface area contributed by atoms with Gasteiger partial charge in [-0.2, -0.15) is 0 Å². The molecule has 332 valence electrons. The van der Waals surface area contributed by atoms with Crippen molar-refractivity contribution >= 4 is 64.1 Å². The van der Waals surface area contributed by atoms with Gasteiger partial charge in [0.05, 0.1) is 17.7 Å². The normalized spacial score (nSPS) is 28.8. The van der Waals surface area contributed by atoms with Gasteiger partial charge in [-0.1, -0.05) is 17.7 Å². The summed E-state index contributed by atoms with van der Waals surface area (Å²) in [5, 5.41) is 2.75. The molecule has 6 heterocycles. The third-order valence-corrected chi connectivity index (χ3v) is 17.0. The molecule has 0 aromatic heterocycles. The van der Waals surface area contributed by atoms with Crippen LogP contribution in [0.25, 0.3) is 4.85 Å². The Labute approximate surface area is 374 Å². The molecule has 1 N–H and O–H groups in total. The molecule has 6 amide bonds. The van der Waals surface area contributed by atoms with Crippen molar-refractivity contribution in [2.75, 3.05) is 81.8 Å². The first-order chi connectivity index (χ1) is 30.4. The minimum atomic E-state index is -0.976. The lowest BCUT2D eigenvalue weighted by molar-refractivity contribution is -0.165. The van der Waals surface area contributed by atoms with E-state index in [9.17, 15) is 28.8 Å². The van der Waals surface area contributed by atoms with Crippen molar-refractivity contribution in [1.82, 2.24) is 24.9 Å². The van der Waals surface area contributed by atoms with Gasteiger partial charge in [0.1, 0.15) is 6.04 Å². The lowest BCUT2D eigenvalue weighted by atomic mass is 9.52. The summed E-state index contributed by atoms with van der Waals surface area (Å²) in [7, 11) is 0. The molecule has 2 bridgehead atoms. The largest absolute Gasteiger partial charge is 0.371 e. The van der Waals surface area contributed by atoms with Gasteiger partial charge < -0.3 is 19.6 Å².